The van der Waals surface area contributed by atoms with Crippen molar-refractivity contribution < 1.29 is 19.5 Å². The summed E-state index contributed by atoms with van der Waals surface area (Å²) in [4.78, 5) is 37.6. The number of carbonyl (C=O) groups is 3. The molecular weight excluding hydrogens is 338 g/mol. The second kappa shape index (κ2) is 8.97. The molecule has 8 N–H and O–H groups in total. The van der Waals surface area contributed by atoms with Crippen molar-refractivity contribution in [2.24, 2.45) is 11.5 Å². The Balaban J connectivity index is 1.83. The lowest BCUT2D eigenvalue weighted by molar-refractivity contribution is -0.122. The highest BCUT2D eigenvalue weighted by molar-refractivity contribution is 6.00. The van der Waals surface area contributed by atoms with E-state index >= 15 is 0 Å². The van der Waals surface area contributed by atoms with Gasteiger partial charge >= 0.3 is 5.97 Å². The van der Waals surface area contributed by atoms with Crippen molar-refractivity contribution in [3.05, 3.63) is 35.5 Å². The molecule has 1 aromatic heterocycles. The predicted octanol–water partition coefficient (Wildman–Crippen LogP) is -0.222. The SMILES string of the molecule is NCCCC(N)C(=O)NCCNC(=O)c1ccc2[nH]c(C(=O)O)cc2c1. The smallest absolute Gasteiger partial charge is 0.352 e. The zero-order valence-corrected chi connectivity index (χ0v) is 14.2. The number of aromatic nitrogens is 1. The third-order valence-corrected chi connectivity index (χ3v) is 3.88. The summed E-state index contributed by atoms with van der Waals surface area (Å²) >= 11 is 0. The Hall–Kier alpha value is -2.91. The number of rotatable bonds is 9. The minimum Gasteiger partial charge on any atom is -0.477 e. The number of amides is 2. The molecule has 140 valence electrons. The Morgan fingerprint density at radius 3 is 2.58 bits per heavy atom. The lowest BCUT2D eigenvalue weighted by Gasteiger charge is -2.12. The van der Waals surface area contributed by atoms with Crippen LogP contribution in [-0.4, -0.2) is 53.6 Å². The molecule has 2 aromatic rings. The van der Waals surface area contributed by atoms with E-state index in [0.29, 0.717) is 35.9 Å². The number of carboxylic acids is 1. The monoisotopic (exact) mass is 361 g/mol. The summed E-state index contributed by atoms with van der Waals surface area (Å²) in [6, 6.07) is 5.72. The van der Waals surface area contributed by atoms with E-state index in [1.807, 2.05) is 0 Å². The van der Waals surface area contributed by atoms with E-state index < -0.39 is 12.0 Å². The first-order chi connectivity index (χ1) is 12.4. The minimum absolute atomic E-state index is 0.0613. The maximum absolute atomic E-state index is 12.2. The molecule has 0 radical (unpaired) electrons. The number of H-pyrrole nitrogens is 1. The first-order valence-corrected chi connectivity index (χ1v) is 8.30. The maximum Gasteiger partial charge on any atom is 0.352 e. The molecule has 0 aliphatic carbocycles. The van der Waals surface area contributed by atoms with Crippen LogP contribution in [0.15, 0.2) is 24.3 Å². The molecule has 26 heavy (non-hydrogen) atoms. The van der Waals surface area contributed by atoms with Gasteiger partial charge in [-0.1, -0.05) is 0 Å². The van der Waals surface area contributed by atoms with Gasteiger partial charge in [0.2, 0.25) is 5.91 Å². The van der Waals surface area contributed by atoms with Gasteiger partial charge in [0.05, 0.1) is 6.04 Å². The van der Waals surface area contributed by atoms with Gasteiger partial charge in [-0.2, -0.15) is 0 Å². The number of carbonyl (C=O) groups excluding carboxylic acids is 2. The molecule has 1 unspecified atom stereocenters. The van der Waals surface area contributed by atoms with E-state index in [1.54, 1.807) is 18.2 Å². The molecule has 0 aliphatic heterocycles. The normalized spacial score (nSPS) is 11.9. The maximum atomic E-state index is 12.2. The molecule has 1 aromatic carbocycles. The molecule has 0 fully saturated rings. The highest BCUT2D eigenvalue weighted by Crippen LogP contribution is 2.17. The van der Waals surface area contributed by atoms with E-state index in [1.165, 1.54) is 6.07 Å². The van der Waals surface area contributed by atoms with Crippen LogP contribution in [0.3, 0.4) is 0 Å². The average Bonchev–Trinajstić information content (AvgIpc) is 3.06. The standard InChI is InChI=1S/C17H23N5O4/c18-5-1-2-12(19)16(24)21-7-6-20-15(23)10-3-4-13-11(8-10)9-14(22-13)17(25)26/h3-4,8-9,12,22H,1-2,5-7,18-19H2,(H,20,23)(H,21,24)(H,25,26). The zero-order chi connectivity index (χ0) is 19.1. The van der Waals surface area contributed by atoms with Crippen LogP contribution in [0.4, 0.5) is 0 Å². The largest absolute Gasteiger partial charge is 0.477 e. The Morgan fingerprint density at radius 2 is 1.88 bits per heavy atom. The van der Waals surface area contributed by atoms with Crippen molar-refractivity contribution in [3.8, 4) is 0 Å². The zero-order valence-electron chi connectivity index (χ0n) is 14.2. The van der Waals surface area contributed by atoms with Crippen LogP contribution in [0.1, 0.15) is 33.7 Å². The van der Waals surface area contributed by atoms with Crippen molar-refractivity contribution in [3.63, 3.8) is 0 Å². The molecule has 1 atom stereocenters. The number of hydrogen-bond acceptors (Lipinski definition) is 5. The van der Waals surface area contributed by atoms with Crippen LogP contribution >= 0.6 is 0 Å². The first-order valence-electron chi connectivity index (χ1n) is 8.30. The number of hydrogen-bond donors (Lipinski definition) is 6. The van der Waals surface area contributed by atoms with E-state index in [9.17, 15) is 14.4 Å². The Bertz CT molecular complexity index is 802. The van der Waals surface area contributed by atoms with Gasteiger partial charge in [0.15, 0.2) is 0 Å². The quantitative estimate of drug-likeness (QED) is 0.338. The molecule has 0 aliphatic rings. The van der Waals surface area contributed by atoms with E-state index in [2.05, 4.69) is 15.6 Å². The minimum atomic E-state index is -1.06. The molecular formula is C17H23N5O4. The van der Waals surface area contributed by atoms with Gasteiger partial charge in [-0.3, -0.25) is 9.59 Å². The molecule has 0 spiro atoms. The van der Waals surface area contributed by atoms with Crippen molar-refractivity contribution in [1.82, 2.24) is 15.6 Å². The molecule has 0 saturated carbocycles. The van der Waals surface area contributed by atoms with Crippen molar-refractivity contribution in [1.29, 1.82) is 0 Å². The van der Waals surface area contributed by atoms with Crippen LogP contribution in [0.5, 0.6) is 0 Å². The number of benzene rings is 1. The molecule has 2 amide bonds. The van der Waals surface area contributed by atoms with Crippen LogP contribution < -0.4 is 22.1 Å². The second-order valence-electron chi connectivity index (χ2n) is 5.87. The summed E-state index contributed by atoms with van der Waals surface area (Å²) in [5.41, 5.74) is 12.2. The van der Waals surface area contributed by atoms with Gasteiger partial charge in [-0.15, -0.1) is 0 Å². The van der Waals surface area contributed by atoms with Gasteiger partial charge in [0.25, 0.3) is 5.91 Å². The van der Waals surface area contributed by atoms with Gasteiger partial charge in [-0.05, 0) is 43.7 Å². The first kappa shape index (κ1) is 19.4. The summed E-state index contributed by atoms with van der Waals surface area (Å²) in [5, 5.41) is 15.0. The Labute approximate surface area is 150 Å². The molecule has 0 bridgehead atoms. The van der Waals surface area contributed by atoms with Crippen molar-refractivity contribution >= 4 is 28.7 Å². The summed E-state index contributed by atoms with van der Waals surface area (Å²) in [6.07, 6.45) is 1.19. The molecule has 2 rings (SSSR count). The number of carboxylic acid groups (broad SMARTS) is 1. The summed E-state index contributed by atoms with van der Waals surface area (Å²) in [6.45, 7) is 0.993. The molecule has 9 heteroatoms. The lowest BCUT2D eigenvalue weighted by atomic mass is 10.1. The third kappa shape index (κ3) is 5.04. The van der Waals surface area contributed by atoms with Crippen LogP contribution in [0.25, 0.3) is 10.9 Å². The van der Waals surface area contributed by atoms with Crippen LogP contribution in [-0.2, 0) is 4.79 Å². The third-order valence-electron chi connectivity index (χ3n) is 3.88. The van der Waals surface area contributed by atoms with E-state index in [-0.39, 0.29) is 30.6 Å². The number of aromatic amines is 1. The number of nitrogens with one attached hydrogen (secondary N) is 3. The summed E-state index contributed by atoms with van der Waals surface area (Å²) < 4.78 is 0. The number of fused-ring (bicyclic) bond motifs is 1. The summed E-state index contributed by atoms with van der Waals surface area (Å²) in [7, 11) is 0. The molecule has 0 saturated heterocycles. The topological polar surface area (TPSA) is 163 Å². The number of aromatic carboxylic acids is 1. The number of nitrogens with two attached hydrogens (primary N) is 2. The second-order valence-corrected chi connectivity index (χ2v) is 5.87. The Morgan fingerprint density at radius 1 is 1.15 bits per heavy atom. The fraction of sp³-hybridized carbons (Fsp3) is 0.353. The van der Waals surface area contributed by atoms with E-state index in [0.717, 1.165) is 0 Å². The van der Waals surface area contributed by atoms with E-state index in [4.69, 9.17) is 16.6 Å². The fourth-order valence-electron chi connectivity index (χ4n) is 2.45. The Kier molecular flexibility index (Phi) is 6.70. The van der Waals surface area contributed by atoms with Gasteiger partial charge in [0.1, 0.15) is 5.69 Å². The highest BCUT2D eigenvalue weighted by atomic mass is 16.4. The predicted molar refractivity (Wildman–Crippen MR) is 96.9 cm³/mol. The van der Waals surface area contributed by atoms with Gasteiger partial charge < -0.3 is 32.2 Å². The molecule has 1 heterocycles. The summed E-state index contributed by atoms with van der Waals surface area (Å²) in [5.74, 6) is -1.65. The highest BCUT2D eigenvalue weighted by Gasteiger charge is 2.13. The van der Waals surface area contributed by atoms with Gasteiger partial charge in [-0.25, -0.2) is 4.79 Å². The average molecular weight is 361 g/mol. The lowest BCUT2D eigenvalue weighted by Crippen LogP contribution is -2.43. The van der Waals surface area contributed by atoms with Crippen molar-refractivity contribution in [2.45, 2.75) is 18.9 Å². The fourth-order valence-corrected chi connectivity index (χ4v) is 2.45. The van der Waals surface area contributed by atoms with Crippen LogP contribution in [0, 0.1) is 0 Å². The van der Waals surface area contributed by atoms with Crippen LogP contribution in [0.2, 0.25) is 0 Å². The molecule has 9 nitrogen and oxygen atoms in total. The van der Waals surface area contributed by atoms with Gasteiger partial charge in [0, 0.05) is 29.6 Å². The van der Waals surface area contributed by atoms with Crippen molar-refractivity contribution in [2.75, 3.05) is 19.6 Å².